The molecule has 2 heterocycles. The number of ether oxygens (including phenoxy) is 1. The predicted octanol–water partition coefficient (Wildman–Crippen LogP) is 1.05. The van der Waals surface area contributed by atoms with Crippen LogP contribution in [0, 0.1) is 0 Å². The summed E-state index contributed by atoms with van der Waals surface area (Å²) in [6, 6.07) is -0.00637. The van der Waals surface area contributed by atoms with Crippen LogP contribution in [0.4, 0.5) is 0 Å². The van der Waals surface area contributed by atoms with Gasteiger partial charge >= 0.3 is 0 Å². The van der Waals surface area contributed by atoms with E-state index in [0.717, 1.165) is 38.1 Å². The first-order valence-corrected chi connectivity index (χ1v) is 6.54. The Balaban J connectivity index is 1.89. The summed E-state index contributed by atoms with van der Waals surface area (Å²) in [6.07, 6.45) is 3.95. The Labute approximate surface area is 107 Å². The first kappa shape index (κ1) is 13.0. The molecule has 2 atom stereocenters. The van der Waals surface area contributed by atoms with E-state index in [4.69, 9.17) is 4.74 Å². The fourth-order valence-corrected chi connectivity index (χ4v) is 2.11. The molecule has 0 aromatic carbocycles. The molecule has 1 aliphatic rings. The minimum absolute atomic E-state index is 0.00637. The Bertz CT molecular complexity index is 399. The Hall–Kier alpha value is -1.43. The first-order valence-electron chi connectivity index (χ1n) is 6.54. The Morgan fingerprint density at radius 2 is 2.50 bits per heavy atom. The van der Waals surface area contributed by atoms with Crippen LogP contribution < -0.4 is 5.32 Å². The number of aromatic amines is 1. The van der Waals surface area contributed by atoms with Crippen molar-refractivity contribution in [3.8, 4) is 0 Å². The van der Waals surface area contributed by atoms with Gasteiger partial charge in [0.1, 0.15) is 5.82 Å². The minimum atomic E-state index is -0.239. The van der Waals surface area contributed by atoms with E-state index in [1.807, 2.05) is 6.92 Å². The van der Waals surface area contributed by atoms with Crippen molar-refractivity contribution in [1.82, 2.24) is 20.5 Å². The molecule has 0 aliphatic carbocycles. The van der Waals surface area contributed by atoms with Crippen LogP contribution in [0.2, 0.25) is 0 Å². The van der Waals surface area contributed by atoms with Crippen LogP contribution in [-0.4, -0.2) is 39.8 Å². The molecule has 1 aliphatic heterocycles. The molecule has 1 fully saturated rings. The van der Waals surface area contributed by atoms with Gasteiger partial charge in [-0.25, -0.2) is 4.98 Å². The summed E-state index contributed by atoms with van der Waals surface area (Å²) in [7, 11) is 0. The maximum absolute atomic E-state index is 11.9. The van der Waals surface area contributed by atoms with E-state index < -0.39 is 0 Å². The van der Waals surface area contributed by atoms with E-state index in [1.54, 1.807) is 0 Å². The second-order valence-electron chi connectivity index (χ2n) is 4.67. The predicted molar refractivity (Wildman–Crippen MR) is 66.3 cm³/mol. The molecule has 0 radical (unpaired) electrons. The standard InChI is InChI=1S/C12H20N4O2/c1-3-5-10-14-11(16-15-10)12(17)13-8(2)9-6-4-7-18-9/h8-9H,3-7H2,1-2H3,(H,13,17)(H,14,15,16). The summed E-state index contributed by atoms with van der Waals surface area (Å²) in [5, 5.41) is 9.59. The number of H-pyrrole nitrogens is 1. The van der Waals surface area contributed by atoms with Gasteiger partial charge in [0.05, 0.1) is 12.1 Å². The zero-order valence-electron chi connectivity index (χ0n) is 10.9. The number of rotatable bonds is 5. The molecule has 0 spiro atoms. The van der Waals surface area contributed by atoms with Crippen LogP contribution in [0.25, 0.3) is 0 Å². The third-order valence-electron chi connectivity index (χ3n) is 3.10. The number of aryl methyl sites for hydroxylation is 1. The summed E-state index contributed by atoms with van der Waals surface area (Å²) >= 11 is 0. The van der Waals surface area contributed by atoms with E-state index >= 15 is 0 Å². The highest BCUT2D eigenvalue weighted by Gasteiger charge is 2.25. The number of hydrogen-bond donors (Lipinski definition) is 2. The van der Waals surface area contributed by atoms with Gasteiger partial charge < -0.3 is 10.1 Å². The molecule has 2 rings (SSSR count). The fourth-order valence-electron chi connectivity index (χ4n) is 2.11. The van der Waals surface area contributed by atoms with Gasteiger partial charge in [-0.05, 0) is 26.2 Å². The maximum atomic E-state index is 11.9. The molecule has 100 valence electrons. The quantitative estimate of drug-likeness (QED) is 0.821. The molecule has 2 unspecified atom stereocenters. The van der Waals surface area contributed by atoms with Crippen molar-refractivity contribution in [2.75, 3.05) is 6.61 Å². The van der Waals surface area contributed by atoms with Gasteiger partial charge in [0.2, 0.25) is 5.82 Å². The molecular weight excluding hydrogens is 232 g/mol. The highest BCUT2D eigenvalue weighted by Crippen LogP contribution is 2.15. The van der Waals surface area contributed by atoms with Gasteiger partial charge in [0, 0.05) is 13.0 Å². The molecule has 18 heavy (non-hydrogen) atoms. The molecule has 1 aromatic heterocycles. The van der Waals surface area contributed by atoms with Gasteiger partial charge in [0.25, 0.3) is 5.91 Å². The van der Waals surface area contributed by atoms with Crippen molar-refractivity contribution >= 4 is 5.91 Å². The van der Waals surface area contributed by atoms with Crippen molar-refractivity contribution in [3.05, 3.63) is 11.6 Å². The topological polar surface area (TPSA) is 79.9 Å². The largest absolute Gasteiger partial charge is 0.376 e. The van der Waals surface area contributed by atoms with Crippen LogP contribution >= 0.6 is 0 Å². The van der Waals surface area contributed by atoms with Crippen LogP contribution in [-0.2, 0) is 11.2 Å². The third kappa shape index (κ3) is 3.07. The molecule has 0 saturated carbocycles. The smallest absolute Gasteiger partial charge is 0.291 e. The Morgan fingerprint density at radius 1 is 1.67 bits per heavy atom. The summed E-state index contributed by atoms with van der Waals surface area (Å²) in [6.45, 7) is 4.79. The summed E-state index contributed by atoms with van der Waals surface area (Å²) < 4.78 is 5.53. The van der Waals surface area contributed by atoms with E-state index in [2.05, 4.69) is 27.4 Å². The highest BCUT2D eigenvalue weighted by molar-refractivity contribution is 5.90. The van der Waals surface area contributed by atoms with Gasteiger partial charge in [-0.2, -0.15) is 0 Å². The Morgan fingerprint density at radius 3 is 3.17 bits per heavy atom. The lowest BCUT2D eigenvalue weighted by molar-refractivity contribution is 0.0706. The van der Waals surface area contributed by atoms with Crippen LogP contribution in [0.1, 0.15) is 49.6 Å². The van der Waals surface area contributed by atoms with Gasteiger partial charge in [0.15, 0.2) is 0 Å². The summed E-state index contributed by atoms with van der Waals surface area (Å²) in [4.78, 5) is 16.1. The molecule has 0 bridgehead atoms. The molecule has 6 heteroatoms. The average Bonchev–Trinajstić information content (AvgIpc) is 3.00. The van der Waals surface area contributed by atoms with Crippen molar-refractivity contribution in [3.63, 3.8) is 0 Å². The van der Waals surface area contributed by atoms with Crippen LogP contribution in [0.3, 0.4) is 0 Å². The number of carbonyl (C=O) groups excluding carboxylic acids is 1. The van der Waals surface area contributed by atoms with E-state index in [0.29, 0.717) is 0 Å². The molecule has 1 aromatic rings. The zero-order valence-corrected chi connectivity index (χ0v) is 10.9. The number of aromatic nitrogens is 3. The second-order valence-corrected chi connectivity index (χ2v) is 4.67. The van der Waals surface area contributed by atoms with E-state index in [9.17, 15) is 4.79 Å². The molecule has 1 saturated heterocycles. The number of amides is 1. The monoisotopic (exact) mass is 252 g/mol. The van der Waals surface area contributed by atoms with Crippen LogP contribution in [0.15, 0.2) is 0 Å². The lowest BCUT2D eigenvalue weighted by atomic mass is 10.1. The highest BCUT2D eigenvalue weighted by atomic mass is 16.5. The lowest BCUT2D eigenvalue weighted by Gasteiger charge is -2.18. The van der Waals surface area contributed by atoms with Crippen LogP contribution in [0.5, 0.6) is 0 Å². The molecule has 6 nitrogen and oxygen atoms in total. The van der Waals surface area contributed by atoms with Gasteiger partial charge in [-0.3, -0.25) is 9.89 Å². The SMILES string of the molecule is CCCc1nc(C(=O)NC(C)C2CCCO2)n[nH]1. The number of hydrogen-bond acceptors (Lipinski definition) is 4. The van der Waals surface area contributed by atoms with E-state index in [-0.39, 0.29) is 23.9 Å². The average molecular weight is 252 g/mol. The van der Waals surface area contributed by atoms with Crippen molar-refractivity contribution < 1.29 is 9.53 Å². The zero-order chi connectivity index (χ0) is 13.0. The normalized spacial score (nSPS) is 20.9. The Kier molecular flexibility index (Phi) is 4.30. The summed E-state index contributed by atoms with van der Waals surface area (Å²) in [5.74, 6) is 0.729. The third-order valence-corrected chi connectivity index (χ3v) is 3.10. The first-order chi connectivity index (χ1) is 8.70. The van der Waals surface area contributed by atoms with Gasteiger partial charge in [-0.15, -0.1) is 5.10 Å². The molecular formula is C12H20N4O2. The molecule has 1 amide bonds. The second kappa shape index (κ2) is 5.95. The van der Waals surface area contributed by atoms with Crippen molar-refractivity contribution in [2.45, 2.75) is 51.7 Å². The number of carbonyl (C=O) groups is 1. The molecule has 2 N–H and O–H groups in total. The minimum Gasteiger partial charge on any atom is -0.376 e. The number of nitrogens with one attached hydrogen (secondary N) is 2. The maximum Gasteiger partial charge on any atom is 0.291 e. The van der Waals surface area contributed by atoms with E-state index in [1.165, 1.54) is 0 Å². The number of nitrogens with zero attached hydrogens (tertiary/aromatic N) is 2. The fraction of sp³-hybridized carbons (Fsp3) is 0.750. The van der Waals surface area contributed by atoms with Crippen molar-refractivity contribution in [1.29, 1.82) is 0 Å². The summed E-state index contributed by atoms with van der Waals surface area (Å²) in [5.41, 5.74) is 0. The lowest BCUT2D eigenvalue weighted by Crippen LogP contribution is -2.41. The van der Waals surface area contributed by atoms with Crippen molar-refractivity contribution in [2.24, 2.45) is 0 Å². The van der Waals surface area contributed by atoms with Gasteiger partial charge in [-0.1, -0.05) is 6.92 Å².